The van der Waals surface area contributed by atoms with E-state index in [0.29, 0.717) is 23.4 Å². The number of carbonyl (C=O) groups is 4. The molecule has 39 heavy (non-hydrogen) atoms. The van der Waals surface area contributed by atoms with Crippen LogP contribution >= 0.6 is 11.6 Å². The van der Waals surface area contributed by atoms with Gasteiger partial charge < -0.3 is 31.1 Å². The van der Waals surface area contributed by atoms with E-state index < -0.39 is 72.9 Å². The minimum atomic E-state index is -4.76. The van der Waals surface area contributed by atoms with E-state index >= 15 is 0 Å². The molecule has 1 aromatic carbocycles. The second kappa shape index (κ2) is 13.4. The Labute approximate surface area is 229 Å². The Balaban J connectivity index is 2.45. The van der Waals surface area contributed by atoms with Gasteiger partial charge in [-0.1, -0.05) is 23.7 Å². The number of benzene rings is 1. The van der Waals surface area contributed by atoms with Crippen LogP contribution in [0.4, 0.5) is 13.2 Å². The molecule has 0 radical (unpaired) electrons. The van der Waals surface area contributed by atoms with Crippen molar-refractivity contribution in [2.75, 3.05) is 26.7 Å². The summed E-state index contributed by atoms with van der Waals surface area (Å²) in [6, 6.07) is 4.37. The van der Waals surface area contributed by atoms with Crippen molar-refractivity contribution >= 4 is 35.3 Å². The first-order valence-corrected chi connectivity index (χ1v) is 12.7. The molecule has 14 heteroatoms. The summed E-state index contributed by atoms with van der Waals surface area (Å²) in [6.45, 7) is 0.540. The lowest BCUT2D eigenvalue weighted by Gasteiger charge is -2.49. The van der Waals surface area contributed by atoms with Crippen molar-refractivity contribution in [3.8, 4) is 0 Å². The number of carbonyl (C=O) groups excluding carboxylic acids is 3. The number of likely N-dealkylation sites (tertiary alicyclic amines) is 1. The van der Waals surface area contributed by atoms with Crippen LogP contribution in [-0.4, -0.2) is 94.2 Å². The Hall–Kier alpha value is -2.90. The maximum absolute atomic E-state index is 13.5. The van der Waals surface area contributed by atoms with Crippen LogP contribution in [0.3, 0.4) is 0 Å². The number of halogens is 4. The van der Waals surface area contributed by atoms with Gasteiger partial charge in [0.2, 0.25) is 17.7 Å². The second-order valence-corrected chi connectivity index (χ2v) is 10.4. The molecule has 3 amide bonds. The monoisotopic (exact) mass is 578 g/mol. The predicted molar refractivity (Wildman–Crippen MR) is 136 cm³/mol. The van der Waals surface area contributed by atoms with Gasteiger partial charge in [0.05, 0.1) is 36.9 Å². The lowest BCUT2D eigenvalue weighted by Crippen LogP contribution is -2.65. The molecule has 0 bridgehead atoms. The Kier molecular flexibility index (Phi) is 11.1. The van der Waals surface area contributed by atoms with Crippen LogP contribution in [0.2, 0.25) is 5.02 Å². The molecule has 1 aliphatic rings. The summed E-state index contributed by atoms with van der Waals surface area (Å²) in [7, 11) is 1.43. The van der Waals surface area contributed by atoms with Gasteiger partial charge >= 0.3 is 12.1 Å². The maximum Gasteiger partial charge on any atom is 0.389 e. The van der Waals surface area contributed by atoms with Crippen LogP contribution in [0.1, 0.15) is 38.2 Å². The highest BCUT2D eigenvalue weighted by atomic mass is 35.5. The van der Waals surface area contributed by atoms with E-state index in [1.54, 1.807) is 24.3 Å². The van der Waals surface area contributed by atoms with Gasteiger partial charge in [0, 0.05) is 25.2 Å². The van der Waals surface area contributed by atoms with E-state index in [4.69, 9.17) is 22.4 Å². The topological polar surface area (TPSA) is 153 Å². The van der Waals surface area contributed by atoms with Crippen molar-refractivity contribution in [1.82, 2.24) is 15.1 Å². The first kappa shape index (κ1) is 32.3. The lowest BCUT2D eigenvalue weighted by atomic mass is 9.80. The zero-order valence-electron chi connectivity index (χ0n) is 21.7. The molecule has 1 saturated heterocycles. The SMILES string of the molecule is CC(N)C(=O)NC(CO)C(=O)N(C)C1(Cc2ccc(Cl)cc2)CCCN(C(=O)C(CC(=O)O)CC(F)(F)F)C1. The van der Waals surface area contributed by atoms with E-state index in [2.05, 4.69) is 5.32 Å². The number of aliphatic hydroxyl groups is 1. The number of aliphatic hydroxyl groups excluding tert-OH is 1. The molecular formula is C25H34ClF3N4O6. The highest BCUT2D eigenvalue weighted by molar-refractivity contribution is 6.30. The largest absolute Gasteiger partial charge is 0.481 e. The van der Waals surface area contributed by atoms with Crippen molar-refractivity contribution in [2.24, 2.45) is 11.7 Å². The molecule has 0 aromatic heterocycles. The fraction of sp³-hybridized carbons (Fsp3) is 0.600. The fourth-order valence-corrected chi connectivity index (χ4v) is 4.90. The number of nitrogens with zero attached hydrogens (tertiary/aromatic N) is 2. The van der Waals surface area contributed by atoms with Crippen molar-refractivity contribution in [3.05, 3.63) is 34.9 Å². The molecule has 218 valence electrons. The molecule has 1 fully saturated rings. The minimum absolute atomic E-state index is 0.0715. The Bertz CT molecular complexity index is 1040. The summed E-state index contributed by atoms with van der Waals surface area (Å²) in [4.78, 5) is 52.5. The first-order valence-electron chi connectivity index (χ1n) is 12.3. The van der Waals surface area contributed by atoms with Crippen molar-refractivity contribution < 1.29 is 42.6 Å². The number of nitrogens with one attached hydrogen (secondary N) is 1. The number of piperidine rings is 1. The molecule has 0 aliphatic carbocycles. The molecule has 4 atom stereocenters. The third kappa shape index (κ3) is 9.07. The summed E-state index contributed by atoms with van der Waals surface area (Å²) in [5.41, 5.74) is 5.12. The van der Waals surface area contributed by atoms with Gasteiger partial charge in [-0.25, -0.2) is 0 Å². The molecular weight excluding hydrogens is 545 g/mol. The third-order valence-electron chi connectivity index (χ3n) is 6.81. The van der Waals surface area contributed by atoms with Gasteiger partial charge in [0.25, 0.3) is 0 Å². The molecule has 1 aromatic rings. The quantitative estimate of drug-likeness (QED) is 0.311. The van der Waals surface area contributed by atoms with Gasteiger partial charge in [-0.15, -0.1) is 0 Å². The predicted octanol–water partition coefficient (Wildman–Crippen LogP) is 1.57. The number of hydrogen-bond donors (Lipinski definition) is 4. The summed E-state index contributed by atoms with van der Waals surface area (Å²) < 4.78 is 39.6. The van der Waals surface area contributed by atoms with E-state index in [1.165, 1.54) is 18.9 Å². The van der Waals surface area contributed by atoms with E-state index in [0.717, 1.165) is 4.90 Å². The van der Waals surface area contributed by atoms with Crippen molar-refractivity contribution in [1.29, 1.82) is 0 Å². The normalized spacial score (nSPS) is 20.1. The molecule has 0 spiro atoms. The Morgan fingerprint density at radius 2 is 1.85 bits per heavy atom. The molecule has 1 aliphatic heterocycles. The number of hydrogen-bond acceptors (Lipinski definition) is 6. The summed E-state index contributed by atoms with van der Waals surface area (Å²) in [6.07, 6.45) is -6.54. The van der Waals surface area contributed by atoms with Crippen molar-refractivity contribution in [3.63, 3.8) is 0 Å². The van der Waals surface area contributed by atoms with Crippen LogP contribution < -0.4 is 11.1 Å². The zero-order valence-corrected chi connectivity index (χ0v) is 22.5. The Morgan fingerprint density at radius 3 is 2.36 bits per heavy atom. The first-order chi connectivity index (χ1) is 18.1. The standard InChI is InChI=1S/C25H34ClF3N4O6/c1-15(30)21(37)31-19(13-34)23(39)32(2)24(11-16-4-6-18(26)7-5-16)8-3-9-33(14-24)22(38)17(10-20(35)36)12-25(27,28)29/h4-7,15,17,19,34H,3,8-14,30H2,1-2H3,(H,31,37)(H,35,36). The summed E-state index contributed by atoms with van der Waals surface area (Å²) >= 11 is 5.99. The number of carboxylic acids is 1. The van der Waals surface area contributed by atoms with Crippen molar-refractivity contribution in [2.45, 2.75) is 62.8 Å². The zero-order chi connectivity index (χ0) is 29.5. The number of amides is 3. The molecule has 2 rings (SSSR count). The van der Waals surface area contributed by atoms with Crippen LogP contribution in [0.5, 0.6) is 0 Å². The lowest BCUT2D eigenvalue weighted by molar-refractivity contribution is -0.166. The molecule has 10 nitrogen and oxygen atoms in total. The van der Waals surface area contributed by atoms with Crippen LogP contribution in [0, 0.1) is 5.92 Å². The molecule has 5 N–H and O–H groups in total. The number of carboxylic acid groups (broad SMARTS) is 1. The maximum atomic E-state index is 13.5. The second-order valence-electron chi connectivity index (χ2n) is 9.93. The number of alkyl halides is 3. The summed E-state index contributed by atoms with van der Waals surface area (Å²) in [5.74, 6) is -5.70. The summed E-state index contributed by atoms with van der Waals surface area (Å²) in [5, 5.41) is 21.8. The van der Waals surface area contributed by atoms with Gasteiger partial charge in [0.15, 0.2) is 0 Å². The van der Waals surface area contributed by atoms with Crippen LogP contribution in [-0.2, 0) is 25.6 Å². The van der Waals surface area contributed by atoms with Crippen LogP contribution in [0.25, 0.3) is 0 Å². The van der Waals surface area contributed by atoms with E-state index in [1.807, 2.05) is 0 Å². The number of likely N-dealkylation sites (N-methyl/N-ethyl adjacent to an activating group) is 1. The number of aliphatic carboxylic acids is 1. The number of nitrogens with two attached hydrogens (primary N) is 1. The molecule has 1 heterocycles. The average molecular weight is 579 g/mol. The minimum Gasteiger partial charge on any atom is -0.481 e. The fourth-order valence-electron chi connectivity index (χ4n) is 4.77. The average Bonchev–Trinajstić information content (AvgIpc) is 2.85. The van der Waals surface area contributed by atoms with Gasteiger partial charge in [-0.2, -0.15) is 13.2 Å². The Morgan fingerprint density at radius 1 is 1.23 bits per heavy atom. The highest BCUT2D eigenvalue weighted by Gasteiger charge is 2.46. The van der Waals surface area contributed by atoms with Gasteiger partial charge in [-0.3, -0.25) is 19.2 Å². The van der Waals surface area contributed by atoms with Gasteiger partial charge in [0.1, 0.15) is 6.04 Å². The van der Waals surface area contributed by atoms with Crippen LogP contribution in [0.15, 0.2) is 24.3 Å². The van der Waals surface area contributed by atoms with E-state index in [-0.39, 0.29) is 19.5 Å². The smallest absolute Gasteiger partial charge is 0.389 e. The third-order valence-corrected chi connectivity index (χ3v) is 7.07. The molecule has 0 saturated carbocycles. The highest BCUT2D eigenvalue weighted by Crippen LogP contribution is 2.34. The molecule has 4 unspecified atom stereocenters. The number of rotatable bonds is 11. The van der Waals surface area contributed by atoms with E-state index in [9.17, 15) is 37.5 Å². The van der Waals surface area contributed by atoms with Gasteiger partial charge in [-0.05, 0) is 43.9 Å².